The molecule has 1 fully saturated rings. The molecule has 1 atom stereocenters. The van der Waals surface area contributed by atoms with Crippen LogP contribution in [0.2, 0.25) is 0 Å². The highest BCUT2D eigenvalue weighted by atomic mass is 32.2. The third-order valence-electron chi connectivity index (χ3n) is 3.39. The number of sulfone groups is 1. The van der Waals surface area contributed by atoms with Gasteiger partial charge in [-0.15, -0.1) is 0 Å². The molecule has 1 N–H and O–H groups in total. The third-order valence-corrected chi connectivity index (χ3v) is 5.25. The van der Waals surface area contributed by atoms with Gasteiger partial charge in [0.2, 0.25) is 0 Å². The first-order valence-electron chi connectivity index (χ1n) is 6.38. The Morgan fingerprint density at radius 2 is 2.00 bits per heavy atom. The Hall–Kier alpha value is -0.420. The van der Waals surface area contributed by atoms with Gasteiger partial charge in [0, 0.05) is 12.2 Å². The molecule has 4 nitrogen and oxygen atoms in total. The van der Waals surface area contributed by atoms with E-state index in [0.29, 0.717) is 6.42 Å². The minimum Gasteiger partial charge on any atom is -0.305 e. The maximum absolute atomic E-state index is 12.0. The van der Waals surface area contributed by atoms with Crippen molar-refractivity contribution in [3.63, 3.8) is 0 Å². The molecule has 1 saturated heterocycles. The summed E-state index contributed by atoms with van der Waals surface area (Å²) in [5.41, 5.74) is -0.500. The quantitative estimate of drug-likeness (QED) is 0.783. The van der Waals surface area contributed by atoms with E-state index in [2.05, 4.69) is 5.32 Å². The summed E-state index contributed by atoms with van der Waals surface area (Å²) in [5.74, 6) is 0.221. The fourth-order valence-corrected chi connectivity index (χ4v) is 3.55. The van der Waals surface area contributed by atoms with Gasteiger partial charge in [0.15, 0.2) is 15.6 Å². The monoisotopic (exact) mass is 261 g/mol. The molecule has 0 aromatic rings. The average molecular weight is 261 g/mol. The Bertz CT molecular complexity index is 356. The number of hydrogen-bond acceptors (Lipinski definition) is 4. The first-order valence-corrected chi connectivity index (χ1v) is 8.20. The molecule has 0 amide bonds. The van der Waals surface area contributed by atoms with Crippen molar-refractivity contribution in [2.24, 2.45) is 0 Å². The molecular formula is C12H23NO3S. The van der Waals surface area contributed by atoms with Crippen molar-refractivity contribution in [1.82, 2.24) is 5.32 Å². The minimum atomic E-state index is -3.04. The van der Waals surface area contributed by atoms with Crippen LogP contribution in [0.15, 0.2) is 0 Å². The first kappa shape index (κ1) is 14.6. The lowest BCUT2D eigenvalue weighted by molar-refractivity contribution is -0.125. The van der Waals surface area contributed by atoms with Gasteiger partial charge in [-0.1, -0.05) is 6.92 Å². The fraction of sp³-hybridized carbons (Fsp3) is 0.917. The Labute approximate surface area is 104 Å². The molecule has 1 aliphatic heterocycles. The van der Waals surface area contributed by atoms with Crippen molar-refractivity contribution in [2.75, 3.05) is 18.1 Å². The number of hydrogen-bond donors (Lipinski definition) is 1. The van der Waals surface area contributed by atoms with E-state index in [4.69, 9.17) is 0 Å². The smallest absolute Gasteiger partial charge is 0.153 e. The number of carbonyl (C=O) groups excluding carboxylic acids is 1. The predicted molar refractivity (Wildman–Crippen MR) is 68.8 cm³/mol. The van der Waals surface area contributed by atoms with Crippen LogP contribution in [0.25, 0.3) is 0 Å². The summed E-state index contributed by atoms with van der Waals surface area (Å²) in [7, 11) is -3.04. The molecule has 0 radical (unpaired) electrons. The van der Waals surface area contributed by atoms with Gasteiger partial charge in [-0.3, -0.25) is 4.79 Å². The van der Waals surface area contributed by atoms with Crippen LogP contribution in [-0.2, 0) is 14.6 Å². The molecule has 0 bridgehead atoms. The van der Waals surface area contributed by atoms with Crippen LogP contribution in [0, 0.1) is 0 Å². The fourth-order valence-electron chi connectivity index (χ4n) is 2.23. The number of nitrogens with one attached hydrogen (secondary N) is 1. The summed E-state index contributed by atoms with van der Waals surface area (Å²) in [5, 5.41) is 3.22. The standard InChI is InChI=1S/C12H23NO3S/c1-3-9-17(15,16)10-6-11(14)12(2)7-4-5-8-13-12/h13H,3-10H2,1-2H3. The molecule has 0 aliphatic carbocycles. The summed E-state index contributed by atoms with van der Waals surface area (Å²) in [6.07, 6.45) is 3.71. The highest BCUT2D eigenvalue weighted by Gasteiger charge is 2.34. The number of carbonyl (C=O) groups is 1. The molecule has 1 aliphatic rings. The third kappa shape index (κ3) is 4.39. The van der Waals surface area contributed by atoms with Crippen molar-refractivity contribution in [2.45, 2.75) is 51.5 Å². The van der Waals surface area contributed by atoms with Crippen molar-refractivity contribution in [3.05, 3.63) is 0 Å². The zero-order valence-electron chi connectivity index (χ0n) is 10.8. The van der Waals surface area contributed by atoms with E-state index in [-0.39, 0.29) is 23.7 Å². The van der Waals surface area contributed by atoms with Gasteiger partial charge in [0.25, 0.3) is 0 Å². The molecular weight excluding hydrogens is 238 g/mol. The highest BCUT2D eigenvalue weighted by molar-refractivity contribution is 7.91. The molecule has 0 aromatic heterocycles. The summed E-state index contributed by atoms with van der Waals surface area (Å²) in [4.78, 5) is 12.0. The average Bonchev–Trinajstić information content (AvgIpc) is 2.27. The van der Waals surface area contributed by atoms with Crippen molar-refractivity contribution in [1.29, 1.82) is 0 Å². The zero-order valence-corrected chi connectivity index (χ0v) is 11.6. The molecule has 0 spiro atoms. The second kappa shape index (κ2) is 5.96. The van der Waals surface area contributed by atoms with E-state index in [1.165, 1.54) is 0 Å². The van der Waals surface area contributed by atoms with Gasteiger partial charge < -0.3 is 5.32 Å². The zero-order chi connectivity index (χ0) is 12.9. The molecule has 1 heterocycles. The first-order chi connectivity index (χ1) is 7.90. The van der Waals surface area contributed by atoms with Crippen LogP contribution in [0.5, 0.6) is 0 Å². The van der Waals surface area contributed by atoms with Crippen LogP contribution in [0.3, 0.4) is 0 Å². The minimum absolute atomic E-state index is 0.00303. The van der Waals surface area contributed by atoms with Gasteiger partial charge in [-0.05, 0) is 39.2 Å². The van der Waals surface area contributed by atoms with Gasteiger partial charge >= 0.3 is 0 Å². The highest BCUT2D eigenvalue weighted by Crippen LogP contribution is 2.21. The normalized spacial score (nSPS) is 25.8. The Morgan fingerprint density at radius 3 is 2.53 bits per heavy atom. The summed E-state index contributed by atoms with van der Waals surface area (Å²) in [6.45, 7) is 4.58. The lowest BCUT2D eigenvalue weighted by atomic mass is 9.86. The number of piperidine rings is 1. The Balaban J connectivity index is 2.49. The van der Waals surface area contributed by atoms with Crippen LogP contribution < -0.4 is 5.32 Å². The van der Waals surface area contributed by atoms with E-state index in [9.17, 15) is 13.2 Å². The number of ketones is 1. The van der Waals surface area contributed by atoms with Crippen molar-refractivity contribution in [3.8, 4) is 0 Å². The van der Waals surface area contributed by atoms with Crippen LogP contribution in [0.4, 0.5) is 0 Å². The molecule has 100 valence electrons. The second-order valence-corrected chi connectivity index (χ2v) is 7.34. The van der Waals surface area contributed by atoms with Crippen molar-refractivity contribution >= 4 is 15.6 Å². The van der Waals surface area contributed by atoms with Gasteiger partial charge in [0.05, 0.1) is 11.3 Å². The van der Waals surface area contributed by atoms with Crippen LogP contribution in [0.1, 0.15) is 46.0 Å². The lowest BCUT2D eigenvalue weighted by Crippen LogP contribution is -2.52. The van der Waals surface area contributed by atoms with Crippen molar-refractivity contribution < 1.29 is 13.2 Å². The molecule has 17 heavy (non-hydrogen) atoms. The van der Waals surface area contributed by atoms with Crippen LogP contribution in [-0.4, -0.2) is 37.8 Å². The largest absolute Gasteiger partial charge is 0.305 e. The summed E-state index contributed by atoms with van der Waals surface area (Å²) >= 11 is 0. The van der Waals surface area contributed by atoms with Gasteiger partial charge in [-0.25, -0.2) is 8.42 Å². The number of Topliss-reactive ketones (excluding diaryl/α,β-unsaturated/α-hetero) is 1. The Morgan fingerprint density at radius 1 is 1.29 bits per heavy atom. The SMILES string of the molecule is CCCS(=O)(=O)CCC(=O)C1(C)CCCCN1. The molecule has 5 heteroatoms. The van der Waals surface area contributed by atoms with E-state index >= 15 is 0 Å². The van der Waals surface area contributed by atoms with E-state index in [0.717, 1.165) is 25.8 Å². The molecule has 1 unspecified atom stereocenters. The number of rotatable bonds is 6. The summed E-state index contributed by atoms with van der Waals surface area (Å²) < 4.78 is 23.1. The maximum atomic E-state index is 12.0. The lowest BCUT2D eigenvalue weighted by Gasteiger charge is -2.33. The van der Waals surface area contributed by atoms with E-state index in [1.54, 1.807) is 0 Å². The van der Waals surface area contributed by atoms with E-state index < -0.39 is 15.4 Å². The predicted octanol–water partition coefficient (Wildman–Crippen LogP) is 1.30. The van der Waals surface area contributed by atoms with Gasteiger partial charge in [0.1, 0.15) is 0 Å². The molecule has 0 saturated carbocycles. The molecule has 1 rings (SSSR count). The summed E-state index contributed by atoms with van der Waals surface area (Å²) in [6, 6.07) is 0. The Kier molecular flexibility index (Phi) is 5.13. The van der Waals surface area contributed by atoms with Crippen LogP contribution >= 0.6 is 0 Å². The topological polar surface area (TPSA) is 63.2 Å². The van der Waals surface area contributed by atoms with E-state index in [1.807, 2.05) is 13.8 Å². The molecule has 0 aromatic carbocycles. The second-order valence-electron chi connectivity index (χ2n) is 5.04. The van der Waals surface area contributed by atoms with Gasteiger partial charge in [-0.2, -0.15) is 0 Å². The maximum Gasteiger partial charge on any atom is 0.153 e.